The highest BCUT2D eigenvalue weighted by molar-refractivity contribution is 7.80. The summed E-state index contributed by atoms with van der Waals surface area (Å²) in [5, 5.41) is 0.382. The van der Waals surface area contributed by atoms with Crippen molar-refractivity contribution in [2.45, 2.75) is 0 Å². The Hall–Kier alpha value is -0.770. The molecule has 0 radical (unpaired) electrons. The van der Waals surface area contributed by atoms with Gasteiger partial charge < -0.3 is 15.4 Å². The molecule has 0 aliphatic heterocycles. The molecule has 0 aromatic carbocycles. The predicted molar refractivity (Wildman–Crippen MR) is 45.6 cm³/mol. The van der Waals surface area contributed by atoms with Crippen LogP contribution in [0.15, 0.2) is 12.8 Å². The molecule has 3 nitrogen and oxygen atoms in total. The molecule has 0 aromatic rings. The lowest BCUT2D eigenvalue weighted by molar-refractivity contribution is 0.229. The van der Waals surface area contributed by atoms with E-state index in [-0.39, 0.29) is 0 Å². The van der Waals surface area contributed by atoms with Crippen LogP contribution in [0.4, 0.5) is 0 Å². The first kappa shape index (κ1) is 9.23. The van der Waals surface area contributed by atoms with Crippen LogP contribution in [-0.2, 0) is 4.74 Å². The Kier molecular flexibility index (Phi) is 4.66. The molecule has 0 unspecified atom stereocenters. The summed E-state index contributed by atoms with van der Waals surface area (Å²) in [6, 6.07) is 0. The summed E-state index contributed by atoms with van der Waals surface area (Å²) in [4.78, 5) is 1.73. The van der Waals surface area contributed by atoms with Crippen LogP contribution >= 0.6 is 12.2 Å². The van der Waals surface area contributed by atoms with Gasteiger partial charge in [-0.15, -0.1) is 0 Å². The fourth-order valence-electron chi connectivity index (χ4n) is 0.383. The monoisotopic (exact) mass is 160 g/mol. The predicted octanol–water partition coefficient (Wildman–Crippen LogP) is 0.322. The Bertz CT molecular complexity index is 127. The van der Waals surface area contributed by atoms with E-state index >= 15 is 0 Å². The summed E-state index contributed by atoms with van der Waals surface area (Å²) in [5.74, 6) is 0. The van der Waals surface area contributed by atoms with Crippen molar-refractivity contribution >= 4 is 17.3 Å². The van der Waals surface area contributed by atoms with Crippen molar-refractivity contribution in [3.05, 3.63) is 12.8 Å². The molecule has 0 saturated heterocycles. The molecule has 0 amide bonds. The highest BCUT2D eigenvalue weighted by atomic mass is 32.1. The standard InChI is InChI=1S/C6H12N2OS/c1-3-9-5-4-8(2)6(7)10/h3H,1,4-5H2,2H3,(H2,7,10). The van der Waals surface area contributed by atoms with Crippen molar-refractivity contribution in [3.8, 4) is 0 Å². The highest BCUT2D eigenvalue weighted by Crippen LogP contribution is 1.82. The Morgan fingerprint density at radius 2 is 2.50 bits per heavy atom. The maximum Gasteiger partial charge on any atom is 0.166 e. The van der Waals surface area contributed by atoms with Crippen LogP contribution in [-0.4, -0.2) is 30.2 Å². The molecule has 0 saturated carbocycles. The minimum atomic E-state index is 0.382. The van der Waals surface area contributed by atoms with E-state index in [1.807, 2.05) is 7.05 Å². The summed E-state index contributed by atoms with van der Waals surface area (Å²) in [7, 11) is 1.81. The third kappa shape index (κ3) is 4.14. The van der Waals surface area contributed by atoms with Gasteiger partial charge >= 0.3 is 0 Å². The Morgan fingerprint density at radius 3 is 2.90 bits per heavy atom. The molecule has 0 aliphatic carbocycles. The first-order valence-electron chi connectivity index (χ1n) is 2.91. The second kappa shape index (κ2) is 5.05. The molecule has 0 aliphatic rings. The number of nitrogens with zero attached hydrogens (tertiary/aromatic N) is 1. The average Bonchev–Trinajstić information content (AvgIpc) is 1.88. The second-order valence-corrected chi connectivity index (χ2v) is 2.22. The lowest BCUT2D eigenvalue weighted by Crippen LogP contribution is -2.34. The molecule has 58 valence electrons. The van der Waals surface area contributed by atoms with Crippen LogP contribution in [0.5, 0.6) is 0 Å². The van der Waals surface area contributed by atoms with E-state index in [0.717, 1.165) is 0 Å². The van der Waals surface area contributed by atoms with E-state index in [4.69, 9.17) is 22.7 Å². The number of thiocarbonyl (C=S) groups is 1. The molecular weight excluding hydrogens is 148 g/mol. The maximum atomic E-state index is 5.29. The zero-order valence-electron chi connectivity index (χ0n) is 6.04. The van der Waals surface area contributed by atoms with Gasteiger partial charge in [0.15, 0.2) is 5.11 Å². The zero-order valence-corrected chi connectivity index (χ0v) is 6.86. The minimum Gasteiger partial charge on any atom is -0.500 e. The van der Waals surface area contributed by atoms with Crippen molar-refractivity contribution in [2.24, 2.45) is 5.73 Å². The van der Waals surface area contributed by atoms with E-state index in [2.05, 4.69) is 6.58 Å². The Labute approximate surface area is 66.4 Å². The smallest absolute Gasteiger partial charge is 0.166 e. The third-order valence-corrected chi connectivity index (χ3v) is 1.35. The first-order chi connectivity index (χ1) is 4.68. The zero-order chi connectivity index (χ0) is 7.98. The van der Waals surface area contributed by atoms with Gasteiger partial charge in [0.2, 0.25) is 0 Å². The first-order valence-corrected chi connectivity index (χ1v) is 3.32. The van der Waals surface area contributed by atoms with Crippen molar-refractivity contribution < 1.29 is 4.74 Å². The summed E-state index contributed by atoms with van der Waals surface area (Å²) in [6.07, 6.45) is 1.40. The normalized spacial score (nSPS) is 8.50. The number of nitrogens with two attached hydrogens (primary N) is 1. The molecule has 4 heteroatoms. The minimum absolute atomic E-state index is 0.382. The number of hydrogen-bond acceptors (Lipinski definition) is 2. The van der Waals surface area contributed by atoms with E-state index in [1.54, 1.807) is 4.90 Å². The van der Waals surface area contributed by atoms with E-state index in [9.17, 15) is 0 Å². The highest BCUT2D eigenvalue weighted by Gasteiger charge is 1.96. The van der Waals surface area contributed by atoms with E-state index in [0.29, 0.717) is 18.3 Å². The number of hydrogen-bond donors (Lipinski definition) is 1. The molecule has 10 heavy (non-hydrogen) atoms. The topological polar surface area (TPSA) is 38.5 Å². The lowest BCUT2D eigenvalue weighted by atomic mass is 10.6. The van der Waals surface area contributed by atoms with Crippen LogP contribution in [0, 0.1) is 0 Å². The van der Waals surface area contributed by atoms with E-state index < -0.39 is 0 Å². The molecule has 0 spiro atoms. The van der Waals surface area contributed by atoms with Gasteiger partial charge in [0.1, 0.15) is 6.61 Å². The van der Waals surface area contributed by atoms with Gasteiger partial charge in [0.05, 0.1) is 12.8 Å². The van der Waals surface area contributed by atoms with Gasteiger partial charge in [-0.2, -0.15) is 0 Å². The van der Waals surface area contributed by atoms with Crippen molar-refractivity contribution in [1.82, 2.24) is 4.90 Å². The third-order valence-electron chi connectivity index (χ3n) is 1.04. The molecule has 0 bridgehead atoms. The van der Waals surface area contributed by atoms with Crippen molar-refractivity contribution in [3.63, 3.8) is 0 Å². The largest absolute Gasteiger partial charge is 0.500 e. The number of ether oxygens (including phenoxy) is 1. The molecular formula is C6H12N2OS. The quantitative estimate of drug-likeness (QED) is 0.365. The fourth-order valence-corrected chi connectivity index (χ4v) is 0.474. The van der Waals surface area contributed by atoms with Crippen LogP contribution in [0.3, 0.4) is 0 Å². The van der Waals surface area contributed by atoms with Crippen LogP contribution in [0.25, 0.3) is 0 Å². The van der Waals surface area contributed by atoms with Crippen molar-refractivity contribution in [1.29, 1.82) is 0 Å². The molecule has 0 fully saturated rings. The summed E-state index contributed by atoms with van der Waals surface area (Å²) >= 11 is 4.69. The van der Waals surface area contributed by atoms with Crippen LogP contribution < -0.4 is 5.73 Å². The summed E-state index contributed by atoms with van der Waals surface area (Å²) in [5.41, 5.74) is 5.29. The van der Waals surface area contributed by atoms with E-state index in [1.165, 1.54) is 6.26 Å². The molecule has 2 N–H and O–H groups in total. The number of rotatable bonds is 4. The Morgan fingerprint density at radius 1 is 1.90 bits per heavy atom. The molecule has 0 aromatic heterocycles. The molecule has 0 rings (SSSR count). The Balaban J connectivity index is 3.30. The van der Waals surface area contributed by atoms with Gasteiger partial charge in [0, 0.05) is 7.05 Å². The van der Waals surface area contributed by atoms with Crippen molar-refractivity contribution in [2.75, 3.05) is 20.2 Å². The van der Waals surface area contributed by atoms with Crippen LogP contribution in [0.1, 0.15) is 0 Å². The van der Waals surface area contributed by atoms with Gasteiger partial charge in [0.25, 0.3) is 0 Å². The lowest BCUT2D eigenvalue weighted by Gasteiger charge is -2.15. The fraction of sp³-hybridized carbons (Fsp3) is 0.500. The second-order valence-electron chi connectivity index (χ2n) is 1.80. The molecule has 0 atom stereocenters. The van der Waals surface area contributed by atoms with Gasteiger partial charge in [-0.3, -0.25) is 0 Å². The average molecular weight is 160 g/mol. The van der Waals surface area contributed by atoms with Gasteiger partial charge in [-0.25, -0.2) is 0 Å². The maximum absolute atomic E-state index is 5.29. The number of likely N-dealkylation sites (N-methyl/N-ethyl adjacent to an activating group) is 1. The SMILES string of the molecule is C=COCCN(C)C(N)=S. The van der Waals surface area contributed by atoms with Crippen LogP contribution in [0.2, 0.25) is 0 Å². The van der Waals surface area contributed by atoms with Gasteiger partial charge in [-0.05, 0) is 12.2 Å². The summed E-state index contributed by atoms with van der Waals surface area (Å²) < 4.78 is 4.86. The van der Waals surface area contributed by atoms with Gasteiger partial charge in [-0.1, -0.05) is 6.58 Å². The summed E-state index contributed by atoms with van der Waals surface area (Å²) in [6.45, 7) is 4.66. The molecule has 0 heterocycles.